The van der Waals surface area contributed by atoms with Gasteiger partial charge in [-0.2, -0.15) is 0 Å². The van der Waals surface area contributed by atoms with Crippen molar-refractivity contribution in [3.05, 3.63) is 29.1 Å². The second kappa shape index (κ2) is 5.02. The van der Waals surface area contributed by atoms with E-state index in [9.17, 15) is 22.0 Å². The molecule has 1 aromatic carbocycles. The van der Waals surface area contributed by atoms with E-state index in [0.29, 0.717) is 0 Å². The van der Waals surface area contributed by atoms with Crippen molar-refractivity contribution >= 4 is 23.1 Å². The maximum Gasteiger partial charge on any atom is 0.200 e. The van der Waals surface area contributed by atoms with Crippen LogP contribution in [0.2, 0.25) is 0 Å². The maximum atomic E-state index is 13.5. The first-order valence-electron chi connectivity index (χ1n) is 4.90. The SMILES string of the molecule is CCP(=S)(CC)c1c(F)c(F)c(F)c(F)c1F. The molecule has 17 heavy (non-hydrogen) atoms. The number of benzene rings is 1. The summed E-state index contributed by atoms with van der Waals surface area (Å²) in [5, 5.41) is -0.797. The van der Waals surface area contributed by atoms with E-state index in [0.717, 1.165) is 0 Å². The average molecular weight is 288 g/mol. The number of rotatable bonds is 3. The molecule has 0 spiro atoms. The fraction of sp³-hybridized carbons (Fsp3) is 0.400. The highest BCUT2D eigenvalue weighted by Crippen LogP contribution is 2.46. The van der Waals surface area contributed by atoms with Crippen LogP contribution in [0, 0.1) is 29.1 Å². The lowest BCUT2D eigenvalue weighted by atomic mass is 10.3. The minimum Gasteiger partial charge on any atom is -0.203 e. The molecule has 0 aromatic heterocycles. The van der Waals surface area contributed by atoms with E-state index in [1.807, 2.05) is 0 Å². The molecule has 1 rings (SSSR count). The van der Waals surface area contributed by atoms with E-state index in [2.05, 4.69) is 0 Å². The standard InChI is InChI=1S/C10H10F5PS/c1-3-16(17,4-2)10-8(14)6(12)5(11)7(13)9(10)15/h3-4H2,1-2H3. The molecule has 7 heteroatoms. The molecular formula is C10H10F5PS. The zero-order valence-corrected chi connectivity index (χ0v) is 10.9. The van der Waals surface area contributed by atoms with Gasteiger partial charge >= 0.3 is 0 Å². The molecule has 0 nitrogen and oxygen atoms in total. The zero-order valence-electron chi connectivity index (χ0n) is 9.16. The van der Waals surface area contributed by atoms with Crippen molar-refractivity contribution in [2.75, 3.05) is 12.3 Å². The highest BCUT2D eigenvalue weighted by Gasteiger charge is 2.32. The Bertz CT molecular complexity index is 463. The van der Waals surface area contributed by atoms with Gasteiger partial charge in [-0.05, 0) is 18.4 Å². The van der Waals surface area contributed by atoms with E-state index in [1.54, 1.807) is 13.8 Å². The molecule has 0 radical (unpaired) electrons. The third-order valence-corrected chi connectivity index (χ3v) is 7.96. The highest BCUT2D eigenvalue weighted by molar-refractivity contribution is 8.18. The lowest BCUT2D eigenvalue weighted by Gasteiger charge is -2.20. The number of halogens is 5. The summed E-state index contributed by atoms with van der Waals surface area (Å²) >= 11 is 5.08. The van der Waals surface area contributed by atoms with Gasteiger partial charge in [0.1, 0.15) is 0 Å². The van der Waals surface area contributed by atoms with Crippen LogP contribution in [-0.2, 0) is 11.8 Å². The lowest BCUT2D eigenvalue weighted by molar-refractivity contribution is 0.384. The van der Waals surface area contributed by atoms with Gasteiger partial charge in [0.15, 0.2) is 23.3 Å². The van der Waals surface area contributed by atoms with Crippen molar-refractivity contribution in [1.29, 1.82) is 0 Å². The van der Waals surface area contributed by atoms with E-state index in [1.165, 1.54) is 0 Å². The van der Waals surface area contributed by atoms with E-state index in [4.69, 9.17) is 11.8 Å². The van der Waals surface area contributed by atoms with Crippen LogP contribution in [0.25, 0.3) is 0 Å². The predicted molar refractivity (Wildman–Crippen MR) is 61.2 cm³/mol. The summed E-state index contributed by atoms with van der Waals surface area (Å²) in [4.78, 5) is 0. The molecule has 0 aliphatic rings. The van der Waals surface area contributed by atoms with Crippen LogP contribution in [-0.4, -0.2) is 12.3 Å². The molecule has 0 fully saturated rings. The summed E-state index contributed by atoms with van der Waals surface area (Å²) in [5.74, 6) is -9.55. The first kappa shape index (κ1) is 14.6. The fourth-order valence-corrected chi connectivity index (χ4v) is 3.96. The van der Waals surface area contributed by atoms with Gasteiger partial charge in [-0.1, -0.05) is 25.7 Å². The van der Waals surface area contributed by atoms with Crippen molar-refractivity contribution < 1.29 is 22.0 Å². The van der Waals surface area contributed by atoms with Crippen LogP contribution in [0.5, 0.6) is 0 Å². The minimum atomic E-state index is -2.75. The summed E-state index contributed by atoms with van der Waals surface area (Å²) < 4.78 is 65.9. The summed E-state index contributed by atoms with van der Waals surface area (Å²) in [6.45, 7) is 3.17. The number of hydrogen-bond donors (Lipinski definition) is 0. The Kier molecular flexibility index (Phi) is 4.31. The third-order valence-electron chi connectivity index (χ3n) is 2.62. The van der Waals surface area contributed by atoms with Gasteiger partial charge in [0.25, 0.3) is 0 Å². The topological polar surface area (TPSA) is 0 Å². The van der Waals surface area contributed by atoms with Crippen molar-refractivity contribution in [3.63, 3.8) is 0 Å². The molecule has 0 atom stereocenters. The molecule has 96 valence electrons. The smallest absolute Gasteiger partial charge is 0.200 e. The van der Waals surface area contributed by atoms with Crippen LogP contribution in [0.1, 0.15) is 13.8 Å². The Labute approximate surface area is 101 Å². The average Bonchev–Trinajstić information content (AvgIpc) is 2.33. The Morgan fingerprint density at radius 1 is 0.765 bits per heavy atom. The molecule has 0 heterocycles. The van der Waals surface area contributed by atoms with Crippen molar-refractivity contribution in [2.24, 2.45) is 0 Å². The second-order valence-electron chi connectivity index (χ2n) is 3.44. The maximum absolute atomic E-state index is 13.5. The van der Waals surface area contributed by atoms with Gasteiger partial charge in [0.2, 0.25) is 5.82 Å². The largest absolute Gasteiger partial charge is 0.203 e. The third kappa shape index (κ3) is 2.25. The molecule has 0 aliphatic heterocycles. The van der Waals surface area contributed by atoms with Crippen LogP contribution in [0.15, 0.2) is 0 Å². The van der Waals surface area contributed by atoms with Gasteiger partial charge in [-0.15, -0.1) is 0 Å². The molecule has 0 amide bonds. The Morgan fingerprint density at radius 2 is 1.06 bits per heavy atom. The van der Waals surface area contributed by atoms with Crippen molar-refractivity contribution in [1.82, 2.24) is 0 Å². The van der Waals surface area contributed by atoms with Gasteiger partial charge in [0, 0.05) is 0 Å². The first-order chi connectivity index (χ1) is 7.80. The van der Waals surface area contributed by atoms with Crippen molar-refractivity contribution in [3.8, 4) is 0 Å². The zero-order chi connectivity index (χ0) is 13.4. The van der Waals surface area contributed by atoms with E-state index < -0.39 is 40.4 Å². The molecule has 0 aliphatic carbocycles. The summed E-state index contributed by atoms with van der Waals surface area (Å²) in [6.07, 6.45) is 0.411. The second-order valence-corrected chi connectivity index (χ2v) is 9.03. The highest BCUT2D eigenvalue weighted by atomic mass is 32.4. The monoisotopic (exact) mass is 288 g/mol. The van der Waals surface area contributed by atoms with Crippen LogP contribution in [0.4, 0.5) is 22.0 Å². The predicted octanol–water partition coefficient (Wildman–Crippen LogP) is 3.53. The molecule has 0 bridgehead atoms. The van der Waals surface area contributed by atoms with Gasteiger partial charge in [0.05, 0.1) is 5.30 Å². The van der Waals surface area contributed by atoms with Crippen LogP contribution < -0.4 is 5.30 Å². The summed E-state index contributed by atoms with van der Waals surface area (Å²) in [7, 11) is 0. The van der Waals surface area contributed by atoms with Crippen LogP contribution in [0.3, 0.4) is 0 Å². The fourth-order valence-electron chi connectivity index (χ4n) is 1.49. The van der Waals surface area contributed by atoms with Gasteiger partial charge < -0.3 is 0 Å². The van der Waals surface area contributed by atoms with Gasteiger partial charge in [-0.3, -0.25) is 0 Å². The van der Waals surface area contributed by atoms with E-state index in [-0.39, 0.29) is 12.3 Å². The summed E-state index contributed by atoms with van der Waals surface area (Å²) in [5.41, 5.74) is 0. The molecule has 1 aromatic rings. The van der Waals surface area contributed by atoms with Gasteiger partial charge in [-0.25, -0.2) is 22.0 Å². The summed E-state index contributed by atoms with van der Waals surface area (Å²) in [6, 6.07) is -2.75. The van der Waals surface area contributed by atoms with Crippen LogP contribution >= 0.6 is 6.04 Å². The normalized spacial score (nSPS) is 11.9. The molecule has 0 saturated heterocycles. The Morgan fingerprint density at radius 3 is 1.35 bits per heavy atom. The molecule has 0 saturated carbocycles. The number of hydrogen-bond acceptors (Lipinski definition) is 1. The molecular weight excluding hydrogens is 278 g/mol. The van der Waals surface area contributed by atoms with Crippen molar-refractivity contribution in [2.45, 2.75) is 13.8 Å². The first-order valence-corrected chi connectivity index (χ1v) is 8.07. The Hall–Kier alpha value is -0.480. The minimum absolute atomic E-state index is 0.206. The quantitative estimate of drug-likeness (QED) is 0.355. The molecule has 0 N–H and O–H groups in total. The molecule has 0 unspecified atom stereocenters. The Balaban J connectivity index is 3.72. The van der Waals surface area contributed by atoms with E-state index >= 15 is 0 Å². The lowest BCUT2D eigenvalue weighted by Crippen LogP contribution is -2.22.